The summed E-state index contributed by atoms with van der Waals surface area (Å²) in [6.45, 7) is 3.59. The Labute approximate surface area is 149 Å². The summed E-state index contributed by atoms with van der Waals surface area (Å²) in [5.74, 6) is 1.56. The van der Waals surface area contributed by atoms with Gasteiger partial charge in [-0.05, 0) is 91.7 Å². The third kappa shape index (κ3) is 5.52. The van der Waals surface area contributed by atoms with Gasteiger partial charge in [0.1, 0.15) is 0 Å². The van der Waals surface area contributed by atoms with Crippen molar-refractivity contribution >= 4 is 32.4 Å². The van der Waals surface area contributed by atoms with Gasteiger partial charge in [0.2, 0.25) is 0 Å². The predicted molar refractivity (Wildman–Crippen MR) is 102 cm³/mol. The molecule has 22 heavy (non-hydrogen) atoms. The quantitative estimate of drug-likeness (QED) is 0.600. The second-order valence-electron chi connectivity index (χ2n) is 6.93. The zero-order valence-corrected chi connectivity index (χ0v) is 16.6. The molecule has 0 heterocycles. The lowest BCUT2D eigenvalue weighted by atomic mass is 9.80. The Hall–Kier alpha value is -0.100. The van der Waals surface area contributed by atoms with Crippen LogP contribution in [0.4, 0.5) is 0 Å². The van der Waals surface area contributed by atoms with Crippen molar-refractivity contribution in [2.24, 2.45) is 11.8 Å². The molecule has 124 valence electrons. The Bertz CT molecular complexity index is 555. The van der Waals surface area contributed by atoms with Crippen molar-refractivity contribution < 1.29 is 8.42 Å². The van der Waals surface area contributed by atoms with E-state index in [1.54, 1.807) is 13.8 Å². The third-order valence-electron chi connectivity index (χ3n) is 4.91. The highest BCUT2D eigenvalue weighted by molar-refractivity contribution is 14.1. The van der Waals surface area contributed by atoms with Crippen LogP contribution >= 0.6 is 22.6 Å². The van der Waals surface area contributed by atoms with Crippen LogP contribution in [0, 0.1) is 15.4 Å². The Kier molecular flexibility index (Phi) is 6.74. The van der Waals surface area contributed by atoms with Crippen molar-refractivity contribution in [1.29, 1.82) is 0 Å². The topological polar surface area (TPSA) is 34.1 Å². The molecule has 0 aliphatic heterocycles. The zero-order valence-electron chi connectivity index (χ0n) is 13.6. The van der Waals surface area contributed by atoms with E-state index < -0.39 is 9.84 Å². The third-order valence-corrected chi connectivity index (χ3v) is 8.00. The fourth-order valence-electron chi connectivity index (χ4n) is 3.23. The largest absolute Gasteiger partial charge is 0.229 e. The van der Waals surface area contributed by atoms with Crippen molar-refractivity contribution in [3.8, 4) is 0 Å². The van der Waals surface area contributed by atoms with Gasteiger partial charge >= 0.3 is 0 Å². The molecular formula is C18H27IO2S. The molecule has 0 N–H and O–H groups in total. The molecule has 0 atom stereocenters. The summed E-state index contributed by atoms with van der Waals surface area (Å²) < 4.78 is 25.3. The standard InChI is InChI=1S/C18H27IO2S/c1-14(2)22(20,21)13-17-7-5-15(6-8-17)3-4-16-9-11-18(19)12-10-16/h9-12,14-15,17H,3-8,13H2,1-2H3. The minimum Gasteiger partial charge on any atom is -0.229 e. The molecule has 1 aromatic carbocycles. The van der Waals surface area contributed by atoms with Crippen LogP contribution in [0.25, 0.3) is 0 Å². The average Bonchev–Trinajstić information content (AvgIpc) is 2.48. The van der Waals surface area contributed by atoms with Gasteiger partial charge in [-0.15, -0.1) is 0 Å². The minimum absolute atomic E-state index is 0.230. The van der Waals surface area contributed by atoms with E-state index in [0.29, 0.717) is 11.7 Å². The van der Waals surface area contributed by atoms with Crippen molar-refractivity contribution in [1.82, 2.24) is 0 Å². The van der Waals surface area contributed by atoms with Crippen LogP contribution < -0.4 is 0 Å². The van der Waals surface area contributed by atoms with Crippen molar-refractivity contribution in [2.45, 2.75) is 57.6 Å². The molecule has 0 radical (unpaired) electrons. The highest BCUT2D eigenvalue weighted by Gasteiger charge is 2.26. The number of hydrogen-bond acceptors (Lipinski definition) is 2. The molecule has 0 bridgehead atoms. The molecule has 0 saturated heterocycles. The maximum absolute atomic E-state index is 12.0. The summed E-state index contributed by atoms with van der Waals surface area (Å²) in [6, 6.07) is 8.79. The lowest BCUT2D eigenvalue weighted by molar-refractivity contribution is 0.278. The molecule has 1 aliphatic rings. The molecule has 4 heteroatoms. The highest BCUT2D eigenvalue weighted by atomic mass is 127. The van der Waals surface area contributed by atoms with Gasteiger partial charge in [-0.2, -0.15) is 0 Å². The smallest absolute Gasteiger partial charge is 0.152 e. The van der Waals surface area contributed by atoms with Gasteiger partial charge in [-0.1, -0.05) is 25.0 Å². The second kappa shape index (κ2) is 8.13. The van der Waals surface area contributed by atoms with Crippen LogP contribution in [0.2, 0.25) is 0 Å². The Morgan fingerprint density at radius 1 is 1.05 bits per heavy atom. The number of benzene rings is 1. The zero-order chi connectivity index (χ0) is 16.2. The molecule has 0 spiro atoms. The monoisotopic (exact) mass is 434 g/mol. The van der Waals surface area contributed by atoms with Gasteiger partial charge in [0, 0.05) is 3.57 Å². The van der Waals surface area contributed by atoms with Crippen LogP contribution in [0.3, 0.4) is 0 Å². The van der Waals surface area contributed by atoms with Gasteiger partial charge in [-0.3, -0.25) is 0 Å². The van der Waals surface area contributed by atoms with Crippen molar-refractivity contribution in [3.63, 3.8) is 0 Å². The van der Waals surface area contributed by atoms with Gasteiger partial charge < -0.3 is 0 Å². The molecule has 1 fully saturated rings. The molecule has 2 rings (SSSR count). The Morgan fingerprint density at radius 3 is 2.14 bits per heavy atom. The van der Waals surface area contributed by atoms with Crippen molar-refractivity contribution in [3.05, 3.63) is 33.4 Å². The van der Waals surface area contributed by atoms with Crippen LogP contribution in [-0.4, -0.2) is 19.4 Å². The van der Waals surface area contributed by atoms with E-state index >= 15 is 0 Å². The van der Waals surface area contributed by atoms with Gasteiger partial charge in [0.25, 0.3) is 0 Å². The van der Waals surface area contributed by atoms with Crippen LogP contribution in [0.5, 0.6) is 0 Å². The highest BCUT2D eigenvalue weighted by Crippen LogP contribution is 2.32. The van der Waals surface area contributed by atoms with Crippen LogP contribution in [-0.2, 0) is 16.3 Å². The molecule has 1 aromatic rings. The molecule has 1 aliphatic carbocycles. The lowest BCUT2D eigenvalue weighted by Crippen LogP contribution is -2.26. The van der Waals surface area contributed by atoms with Crippen LogP contribution in [0.1, 0.15) is 51.5 Å². The first-order valence-electron chi connectivity index (χ1n) is 8.33. The van der Waals surface area contributed by atoms with Crippen molar-refractivity contribution in [2.75, 3.05) is 5.75 Å². The SMILES string of the molecule is CC(C)S(=O)(=O)CC1CCC(CCc2ccc(I)cc2)CC1. The first kappa shape index (κ1) is 18.2. The Balaban J connectivity index is 1.74. The van der Waals surface area contributed by atoms with E-state index in [-0.39, 0.29) is 5.25 Å². The first-order valence-corrected chi connectivity index (χ1v) is 11.1. The molecule has 2 nitrogen and oxygen atoms in total. The molecular weight excluding hydrogens is 407 g/mol. The molecule has 0 unspecified atom stereocenters. The van der Waals surface area contributed by atoms with E-state index in [1.807, 2.05) is 0 Å². The van der Waals surface area contributed by atoms with Crippen LogP contribution in [0.15, 0.2) is 24.3 Å². The molecule has 0 aromatic heterocycles. The summed E-state index contributed by atoms with van der Waals surface area (Å²) in [6.07, 6.45) is 6.96. The van der Waals surface area contributed by atoms with E-state index in [0.717, 1.165) is 25.2 Å². The minimum atomic E-state index is -2.88. The van der Waals surface area contributed by atoms with E-state index in [9.17, 15) is 8.42 Å². The summed E-state index contributed by atoms with van der Waals surface area (Å²) in [5, 5.41) is -0.230. The van der Waals surface area contributed by atoms with Gasteiger partial charge in [0.05, 0.1) is 11.0 Å². The maximum Gasteiger partial charge on any atom is 0.152 e. The van der Waals surface area contributed by atoms with E-state index in [1.165, 1.54) is 28.4 Å². The number of hydrogen-bond donors (Lipinski definition) is 0. The van der Waals surface area contributed by atoms with Gasteiger partial charge in [0.15, 0.2) is 9.84 Å². The number of sulfone groups is 1. The average molecular weight is 434 g/mol. The van der Waals surface area contributed by atoms with E-state index in [4.69, 9.17) is 0 Å². The summed E-state index contributed by atoms with van der Waals surface area (Å²) >= 11 is 2.34. The normalized spacial score (nSPS) is 22.9. The molecule has 1 saturated carbocycles. The number of aryl methyl sites for hydroxylation is 1. The lowest BCUT2D eigenvalue weighted by Gasteiger charge is -2.28. The molecule has 0 amide bonds. The number of rotatable bonds is 6. The number of halogens is 1. The fraction of sp³-hybridized carbons (Fsp3) is 0.667. The van der Waals surface area contributed by atoms with Gasteiger partial charge in [-0.25, -0.2) is 8.42 Å². The fourth-order valence-corrected chi connectivity index (χ4v) is 4.96. The first-order chi connectivity index (χ1) is 10.4. The second-order valence-corrected chi connectivity index (χ2v) is 10.8. The van der Waals surface area contributed by atoms with E-state index in [2.05, 4.69) is 46.9 Å². The Morgan fingerprint density at radius 2 is 1.59 bits per heavy atom. The predicted octanol–water partition coefficient (Wildman–Crippen LogP) is 4.85. The summed E-state index contributed by atoms with van der Waals surface area (Å²) in [7, 11) is -2.88. The summed E-state index contributed by atoms with van der Waals surface area (Å²) in [5.41, 5.74) is 1.42. The summed E-state index contributed by atoms with van der Waals surface area (Å²) in [4.78, 5) is 0. The maximum atomic E-state index is 12.0.